The largest absolute Gasteiger partial charge is 0.488 e. The summed E-state index contributed by atoms with van der Waals surface area (Å²) in [4.78, 5) is 0. The summed E-state index contributed by atoms with van der Waals surface area (Å²) in [5, 5.41) is 0. The summed E-state index contributed by atoms with van der Waals surface area (Å²) in [6.45, 7) is 1.74. The molecule has 0 bridgehead atoms. The zero-order valence-electron chi connectivity index (χ0n) is 22.5. The number of ether oxygens (including phenoxy) is 4. The first kappa shape index (κ1) is 31.6. The maximum absolute atomic E-state index is 15.0. The number of halogens is 8. The molecular weight excluding hydrogens is 576 g/mol. The summed E-state index contributed by atoms with van der Waals surface area (Å²) >= 11 is 0. The Balaban J connectivity index is 1.51. The quantitative estimate of drug-likeness (QED) is 0.153. The van der Waals surface area contributed by atoms with Crippen molar-refractivity contribution in [3.63, 3.8) is 0 Å². The molecule has 42 heavy (non-hydrogen) atoms. The van der Waals surface area contributed by atoms with E-state index in [9.17, 15) is 35.1 Å². The lowest BCUT2D eigenvalue weighted by molar-refractivity contribution is -0.206. The second-order valence-electron chi connectivity index (χ2n) is 9.79. The van der Waals surface area contributed by atoms with Gasteiger partial charge in [0, 0.05) is 35.6 Å². The molecule has 3 aromatic rings. The minimum Gasteiger partial charge on any atom is -0.488 e. The van der Waals surface area contributed by atoms with Crippen LogP contribution < -0.4 is 9.47 Å². The number of unbranched alkanes of at least 4 members (excludes halogenated alkanes) is 1. The number of benzene rings is 3. The third-order valence-electron chi connectivity index (χ3n) is 6.58. The lowest BCUT2D eigenvalue weighted by Gasteiger charge is -2.29. The fourth-order valence-electron chi connectivity index (χ4n) is 4.48. The van der Waals surface area contributed by atoms with Crippen LogP contribution in [0.4, 0.5) is 35.1 Å². The van der Waals surface area contributed by atoms with Crippen molar-refractivity contribution in [2.24, 2.45) is 5.92 Å². The van der Waals surface area contributed by atoms with Crippen LogP contribution in [0.5, 0.6) is 11.5 Å². The first-order chi connectivity index (χ1) is 20.0. The van der Waals surface area contributed by atoms with Crippen molar-refractivity contribution in [2.75, 3.05) is 26.5 Å². The first-order valence-corrected chi connectivity index (χ1v) is 13.3. The van der Waals surface area contributed by atoms with E-state index in [0.29, 0.717) is 43.0 Å². The van der Waals surface area contributed by atoms with Gasteiger partial charge in [-0.2, -0.15) is 8.78 Å². The van der Waals surface area contributed by atoms with E-state index in [2.05, 4.69) is 11.7 Å². The molecule has 12 heteroatoms. The highest BCUT2D eigenvalue weighted by atomic mass is 19.3. The number of hydrogen-bond donors (Lipinski definition) is 0. The molecule has 1 aliphatic heterocycles. The van der Waals surface area contributed by atoms with E-state index in [1.54, 1.807) is 0 Å². The Hall–Kier alpha value is -3.38. The summed E-state index contributed by atoms with van der Waals surface area (Å²) in [5.74, 6) is -9.20. The Morgan fingerprint density at radius 2 is 1.48 bits per heavy atom. The van der Waals surface area contributed by atoms with Gasteiger partial charge in [-0.05, 0) is 30.2 Å². The van der Waals surface area contributed by atoms with Crippen LogP contribution in [0.3, 0.4) is 0 Å². The summed E-state index contributed by atoms with van der Waals surface area (Å²) in [6.07, 6.45) is -2.73. The highest BCUT2D eigenvalue weighted by molar-refractivity contribution is 5.65. The normalized spacial score (nSPS) is 17.4. The Kier molecular flexibility index (Phi) is 10.3. The van der Waals surface area contributed by atoms with Crippen molar-refractivity contribution in [3.8, 4) is 22.6 Å². The fourth-order valence-corrected chi connectivity index (χ4v) is 4.48. The maximum Gasteiger partial charge on any atom is 0.432 e. The Morgan fingerprint density at radius 1 is 0.833 bits per heavy atom. The molecule has 3 aromatic carbocycles. The zero-order chi connectivity index (χ0) is 30.4. The Labute approximate surface area is 237 Å². The molecule has 4 rings (SSSR count). The fraction of sp³-hybridized carbons (Fsp3) is 0.400. The van der Waals surface area contributed by atoms with Crippen molar-refractivity contribution in [1.82, 2.24) is 0 Å². The Morgan fingerprint density at radius 3 is 2.05 bits per heavy atom. The van der Waals surface area contributed by atoms with Gasteiger partial charge in [0.2, 0.25) is 0 Å². The van der Waals surface area contributed by atoms with Gasteiger partial charge in [0.15, 0.2) is 23.7 Å². The molecule has 0 atom stereocenters. The Bertz CT molecular complexity index is 1330. The van der Waals surface area contributed by atoms with E-state index in [4.69, 9.17) is 14.2 Å². The molecule has 1 saturated heterocycles. The molecule has 1 aliphatic rings. The van der Waals surface area contributed by atoms with Gasteiger partial charge < -0.3 is 18.9 Å². The first-order valence-electron chi connectivity index (χ1n) is 13.3. The minimum atomic E-state index is -4.73. The molecule has 0 aromatic heterocycles. The van der Waals surface area contributed by atoms with E-state index in [-0.39, 0.29) is 30.1 Å². The van der Waals surface area contributed by atoms with Gasteiger partial charge in [-0.3, -0.25) is 4.39 Å². The number of alkyl halides is 3. The smallest absolute Gasteiger partial charge is 0.432 e. The van der Waals surface area contributed by atoms with Gasteiger partial charge >= 0.3 is 6.11 Å². The van der Waals surface area contributed by atoms with E-state index >= 15 is 0 Å². The second-order valence-corrected chi connectivity index (χ2v) is 9.79. The van der Waals surface area contributed by atoms with Crippen LogP contribution in [0.15, 0.2) is 42.5 Å². The maximum atomic E-state index is 15.0. The molecule has 0 spiro atoms. The average Bonchev–Trinajstić information content (AvgIpc) is 2.92. The second kappa shape index (κ2) is 13.7. The van der Waals surface area contributed by atoms with Crippen LogP contribution in [-0.2, 0) is 15.6 Å². The van der Waals surface area contributed by atoms with Gasteiger partial charge in [0.1, 0.15) is 28.8 Å². The van der Waals surface area contributed by atoms with Gasteiger partial charge in [-0.25, -0.2) is 22.0 Å². The van der Waals surface area contributed by atoms with Gasteiger partial charge in [-0.1, -0.05) is 31.9 Å². The molecule has 0 N–H and O–H groups in total. The monoisotopic (exact) mass is 604 g/mol. The third-order valence-corrected chi connectivity index (χ3v) is 6.58. The number of hydrogen-bond acceptors (Lipinski definition) is 4. The van der Waals surface area contributed by atoms with Gasteiger partial charge in [0.25, 0.3) is 0 Å². The van der Waals surface area contributed by atoms with Gasteiger partial charge in [0.05, 0.1) is 26.5 Å². The predicted octanol–water partition coefficient (Wildman–Crippen LogP) is 8.77. The average molecular weight is 605 g/mol. The molecule has 1 heterocycles. The van der Waals surface area contributed by atoms with Crippen molar-refractivity contribution in [1.29, 1.82) is 0 Å². The lowest BCUT2D eigenvalue weighted by atomic mass is 9.99. The van der Waals surface area contributed by atoms with E-state index in [1.807, 2.05) is 0 Å². The van der Waals surface area contributed by atoms with Crippen LogP contribution in [0, 0.1) is 35.0 Å². The standard InChI is InChI=1S/C30H28F8O4/c1-2-3-5-17-15-40-29(41-16-17)18-6-7-21(22(32)10-18)19-11-23(33)27(24(34)12-19)30(37,38)42-20-13-25(35)28(26(36)14-20)39-9-4-8-31/h6-7,10-14,17,29H,2-5,8-9,15-16H2,1H3. The van der Waals surface area contributed by atoms with E-state index in [0.717, 1.165) is 25.3 Å². The van der Waals surface area contributed by atoms with Crippen LogP contribution in [0.25, 0.3) is 11.1 Å². The molecule has 0 amide bonds. The lowest BCUT2D eigenvalue weighted by Crippen LogP contribution is -2.27. The molecule has 0 radical (unpaired) electrons. The molecule has 0 saturated carbocycles. The molecule has 0 aliphatic carbocycles. The van der Waals surface area contributed by atoms with Crippen molar-refractivity contribution < 1.29 is 54.1 Å². The minimum absolute atomic E-state index is 0.166. The van der Waals surface area contributed by atoms with Crippen molar-refractivity contribution in [2.45, 2.75) is 45.0 Å². The molecular formula is C30H28F8O4. The zero-order valence-corrected chi connectivity index (χ0v) is 22.5. The van der Waals surface area contributed by atoms with Crippen molar-refractivity contribution in [3.05, 3.63) is 82.7 Å². The SMILES string of the molecule is CCCCC1COC(c2ccc(-c3cc(F)c(C(F)(F)Oc4cc(F)c(OCCCF)c(F)c4)c(F)c3)c(F)c2)OC1. The summed E-state index contributed by atoms with van der Waals surface area (Å²) in [7, 11) is 0. The molecule has 1 fully saturated rings. The van der Waals surface area contributed by atoms with Crippen molar-refractivity contribution >= 4 is 0 Å². The molecule has 0 unspecified atom stereocenters. The highest BCUT2D eigenvalue weighted by Gasteiger charge is 2.42. The van der Waals surface area contributed by atoms with Crippen LogP contribution >= 0.6 is 0 Å². The van der Waals surface area contributed by atoms with Gasteiger partial charge in [-0.15, -0.1) is 0 Å². The summed E-state index contributed by atoms with van der Waals surface area (Å²) in [6, 6.07) is 5.35. The molecule has 228 valence electrons. The van der Waals surface area contributed by atoms with E-state index < -0.39 is 65.2 Å². The number of rotatable bonds is 12. The van der Waals surface area contributed by atoms with Crippen LogP contribution in [-0.4, -0.2) is 26.5 Å². The topological polar surface area (TPSA) is 36.9 Å². The predicted molar refractivity (Wildman–Crippen MR) is 136 cm³/mol. The highest BCUT2D eigenvalue weighted by Crippen LogP contribution is 2.39. The van der Waals surface area contributed by atoms with Crippen LogP contribution in [0.1, 0.15) is 50.0 Å². The van der Waals surface area contributed by atoms with E-state index in [1.165, 1.54) is 12.1 Å². The third kappa shape index (κ3) is 7.33. The summed E-state index contributed by atoms with van der Waals surface area (Å²) in [5.41, 5.74) is -2.18. The summed E-state index contributed by atoms with van der Waals surface area (Å²) < 4.78 is 135. The molecule has 4 nitrogen and oxygen atoms in total. The van der Waals surface area contributed by atoms with Crippen LogP contribution in [0.2, 0.25) is 0 Å².